The molecule has 19 heavy (non-hydrogen) atoms. The lowest BCUT2D eigenvalue weighted by Crippen LogP contribution is -2.55. The highest BCUT2D eigenvalue weighted by molar-refractivity contribution is 9.09. The summed E-state index contributed by atoms with van der Waals surface area (Å²) in [7, 11) is 0. The molecule has 2 aliphatic carbocycles. The van der Waals surface area contributed by atoms with Gasteiger partial charge in [-0.25, -0.2) is 0 Å². The van der Waals surface area contributed by atoms with Crippen LogP contribution in [0, 0.1) is 5.41 Å². The molecule has 0 amide bonds. The second-order valence-electron chi connectivity index (χ2n) is 6.14. The van der Waals surface area contributed by atoms with Crippen LogP contribution in [0.1, 0.15) is 51.0 Å². The summed E-state index contributed by atoms with van der Waals surface area (Å²) in [6, 6.07) is 8.72. The highest BCUT2D eigenvalue weighted by atomic mass is 79.9. The van der Waals surface area contributed by atoms with Crippen molar-refractivity contribution >= 4 is 15.9 Å². The Kier molecular flexibility index (Phi) is 3.88. The van der Waals surface area contributed by atoms with Crippen LogP contribution in [-0.4, -0.2) is 10.9 Å². The third kappa shape index (κ3) is 2.44. The van der Waals surface area contributed by atoms with E-state index in [1.807, 2.05) is 0 Å². The Balaban J connectivity index is 1.65. The van der Waals surface area contributed by atoms with Gasteiger partial charge in [-0.2, -0.15) is 0 Å². The Hall–Kier alpha value is -0.500. The smallest absolute Gasteiger partial charge is 0.119 e. The number of hydrogen-bond donors (Lipinski definition) is 0. The number of ether oxygens (including phenoxy) is 1. The summed E-state index contributed by atoms with van der Waals surface area (Å²) in [5.41, 5.74) is 1.85. The summed E-state index contributed by atoms with van der Waals surface area (Å²) in [5, 5.41) is 0. The van der Waals surface area contributed by atoms with Gasteiger partial charge in [-0.05, 0) is 43.4 Å². The van der Waals surface area contributed by atoms with Crippen molar-refractivity contribution in [3.05, 3.63) is 29.8 Å². The van der Waals surface area contributed by atoms with E-state index < -0.39 is 0 Å². The van der Waals surface area contributed by atoms with Crippen LogP contribution in [0.5, 0.6) is 5.75 Å². The first-order valence-corrected chi connectivity index (χ1v) is 8.56. The lowest BCUT2D eigenvalue weighted by atomic mass is 9.64. The maximum absolute atomic E-state index is 6.26. The zero-order valence-electron chi connectivity index (χ0n) is 11.7. The third-order valence-electron chi connectivity index (χ3n) is 4.96. The fraction of sp³-hybridized carbons (Fsp3) is 0.647. The van der Waals surface area contributed by atoms with Crippen molar-refractivity contribution < 1.29 is 4.74 Å². The maximum Gasteiger partial charge on any atom is 0.119 e. The van der Waals surface area contributed by atoms with Gasteiger partial charge in [0.25, 0.3) is 0 Å². The van der Waals surface area contributed by atoms with Crippen molar-refractivity contribution in [2.45, 2.75) is 62.8 Å². The van der Waals surface area contributed by atoms with E-state index in [-0.39, 0.29) is 0 Å². The van der Waals surface area contributed by atoms with E-state index in [2.05, 4.69) is 47.1 Å². The van der Waals surface area contributed by atoms with E-state index in [9.17, 15) is 0 Å². The molecule has 0 aliphatic heterocycles. The molecule has 2 heteroatoms. The lowest BCUT2D eigenvalue weighted by molar-refractivity contribution is -0.0303. The highest BCUT2D eigenvalue weighted by Crippen LogP contribution is 2.57. The largest absolute Gasteiger partial charge is 0.490 e. The summed E-state index contributed by atoms with van der Waals surface area (Å²) in [5.74, 6) is 1.05. The molecule has 0 N–H and O–H groups in total. The molecule has 0 bridgehead atoms. The van der Waals surface area contributed by atoms with Gasteiger partial charge in [0.1, 0.15) is 11.9 Å². The Morgan fingerprint density at radius 3 is 2.47 bits per heavy atom. The second kappa shape index (κ2) is 5.47. The van der Waals surface area contributed by atoms with Crippen LogP contribution in [0.25, 0.3) is 0 Å². The van der Waals surface area contributed by atoms with Crippen LogP contribution in [0.2, 0.25) is 0 Å². The van der Waals surface area contributed by atoms with Gasteiger partial charge in [0.2, 0.25) is 0 Å². The van der Waals surface area contributed by atoms with Gasteiger partial charge in [0.15, 0.2) is 0 Å². The first-order valence-electron chi connectivity index (χ1n) is 7.64. The monoisotopic (exact) mass is 322 g/mol. The summed E-state index contributed by atoms with van der Waals surface area (Å²) in [4.78, 5) is 0.673. The molecule has 2 aliphatic rings. The Morgan fingerprint density at radius 1 is 1.21 bits per heavy atom. The molecule has 0 aromatic heterocycles. The zero-order valence-corrected chi connectivity index (χ0v) is 13.3. The van der Waals surface area contributed by atoms with Crippen molar-refractivity contribution in [3.63, 3.8) is 0 Å². The van der Waals surface area contributed by atoms with Crippen LogP contribution < -0.4 is 4.74 Å². The average Bonchev–Trinajstić information content (AvgIpc) is 2.93. The molecule has 1 spiro atoms. The molecule has 1 nitrogen and oxygen atoms in total. The zero-order chi connectivity index (χ0) is 13.3. The summed E-state index contributed by atoms with van der Waals surface area (Å²) in [6.45, 7) is 2.22. The van der Waals surface area contributed by atoms with Gasteiger partial charge in [0.05, 0.1) is 0 Å². The first kappa shape index (κ1) is 13.5. The molecule has 2 fully saturated rings. The topological polar surface area (TPSA) is 9.23 Å². The molecule has 104 valence electrons. The third-order valence-corrected chi connectivity index (χ3v) is 6.25. The summed E-state index contributed by atoms with van der Waals surface area (Å²) >= 11 is 3.85. The molecular formula is C17H23BrO. The number of benzene rings is 1. The molecule has 0 heterocycles. The van der Waals surface area contributed by atoms with Crippen molar-refractivity contribution in [1.82, 2.24) is 0 Å². The SMILES string of the molecule is CCCc1ccc(OC2CC(Br)C23CCCC3)cc1. The number of aryl methyl sites for hydroxylation is 1. The van der Waals surface area contributed by atoms with Crippen LogP contribution in [-0.2, 0) is 6.42 Å². The Labute approximate surface area is 124 Å². The van der Waals surface area contributed by atoms with Crippen LogP contribution in [0.15, 0.2) is 24.3 Å². The molecule has 2 unspecified atom stereocenters. The van der Waals surface area contributed by atoms with E-state index in [0.717, 1.165) is 18.6 Å². The molecule has 0 radical (unpaired) electrons. The average molecular weight is 323 g/mol. The highest BCUT2D eigenvalue weighted by Gasteiger charge is 2.56. The minimum Gasteiger partial charge on any atom is -0.490 e. The quantitative estimate of drug-likeness (QED) is 0.699. The van der Waals surface area contributed by atoms with Gasteiger partial charge in [-0.1, -0.05) is 54.2 Å². The molecule has 2 atom stereocenters. The molecular weight excluding hydrogens is 300 g/mol. The predicted molar refractivity (Wildman–Crippen MR) is 83.1 cm³/mol. The normalized spacial score (nSPS) is 28.3. The minimum atomic E-state index is 0.427. The number of rotatable bonds is 4. The van der Waals surface area contributed by atoms with E-state index in [1.54, 1.807) is 0 Å². The second-order valence-corrected chi connectivity index (χ2v) is 7.25. The fourth-order valence-electron chi connectivity index (χ4n) is 3.72. The van der Waals surface area contributed by atoms with Gasteiger partial charge in [0, 0.05) is 10.2 Å². The first-order chi connectivity index (χ1) is 9.24. The molecule has 2 saturated carbocycles. The van der Waals surface area contributed by atoms with Gasteiger partial charge < -0.3 is 4.74 Å². The summed E-state index contributed by atoms with van der Waals surface area (Å²) in [6.07, 6.45) is 9.37. The number of alkyl halides is 1. The van der Waals surface area contributed by atoms with Crippen molar-refractivity contribution in [2.75, 3.05) is 0 Å². The van der Waals surface area contributed by atoms with E-state index in [1.165, 1.54) is 37.7 Å². The molecule has 3 rings (SSSR count). The van der Waals surface area contributed by atoms with Gasteiger partial charge in [-0.15, -0.1) is 0 Å². The minimum absolute atomic E-state index is 0.427. The van der Waals surface area contributed by atoms with Crippen LogP contribution in [0.4, 0.5) is 0 Å². The Morgan fingerprint density at radius 2 is 1.89 bits per heavy atom. The predicted octanol–water partition coefficient (Wildman–Crippen LogP) is 5.11. The van der Waals surface area contributed by atoms with Crippen LogP contribution >= 0.6 is 15.9 Å². The molecule has 0 saturated heterocycles. The fourth-order valence-corrected chi connectivity index (χ4v) is 4.81. The van der Waals surface area contributed by atoms with Crippen molar-refractivity contribution in [1.29, 1.82) is 0 Å². The van der Waals surface area contributed by atoms with Gasteiger partial charge >= 0.3 is 0 Å². The maximum atomic E-state index is 6.26. The number of halogens is 1. The van der Waals surface area contributed by atoms with E-state index >= 15 is 0 Å². The standard InChI is InChI=1S/C17H23BrO/c1-2-5-13-6-8-14(9-7-13)19-16-12-15(18)17(16)10-3-4-11-17/h6-9,15-16H,2-5,10-12H2,1H3. The Bertz CT molecular complexity index is 419. The van der Waals surface area contributed by atoms with Crippen molar-refractivity contribution in [3.8, 4) is 5.75 Å². The van der Waals surface area contributed by atoms with Crippen molar-refractivity contribution in [2.24, 2.45) is 5.41 Å². The lowest BCUT2D eigenvalue weighted by Gasteiger charge is -2.51. The van der Waals surface area contributed by atoms with E-state index in [4.69, 9.17) is 4.74 Å². The van der Waals surface area contributed by atoms with E-state index in [0.29, 0.717) is 16.3 Å². The molecule has 1 aromatic carbocycles. The summed E-state index contributed by atoms with van der Waals surface area (Å²) < 4.78 is 6.26. The molecule has 1 aromatic rings. The van der Waals surface area contributed by atoms with Crippen LogP contribution in [0.3, 0.4) is 0 Å². The number of hydrogen-bond acceptors (Lipinski definition) is 1. The van der Waals surface area contributed by atoms with Gasteiger partial charge in [-0.3, -0.25) is 0 Å².